The van der Waals surface area contributed by atoms with Gasteiger partial charge >= 0.3 is 0 Å². The summed E-state index contributed by atoms with van der Waals surface area (Å²) in [5, 5.41) is 0.459. The van der Waals surface area contributed by atoms with E-state index in [1.807, 2.05) is 0 Å². The van der Waals surface area contributed by atoms with Crippen molar-refractivity contribution < 1.29 is 13.2 Å². The minimum Gasteiger partial charge on any atom is -0.342 e. The maximum absolute atomic E-state index is 12.4. The number of hydrogen-bond donors (Lipinski definition) is 1. The second kappa shape index (κ2) is 7.23. The SMILES string of the molecule is O=C(Cc1ccc(NS(=O)(=O)c2ccc(Cl)c(Cl)c2)cc1)N1CCC1. The van der Waals surface area contributed by atoms with Crippen LogP contribution < -0.4 is 4.72 Å². The first-order chi connectivity index (χ1) is 11.8. The second-order valence-corrected chi connectivity index (χ2v) is 8.29. The van der Waals surface area contributed by atoms with Crippen LogP contribution in [0, 0.1) is 0 Å². The van der Waals surface area contributed by atoms with E-state index in [9.17, 15) is 13.2 Å². The highest BCUT2D eigenvalue weighted by molar-refractivity contribution is 7.92. The molecule has 3 rings (SSSR count). The van der Waals surface area contributed by atoms with Crippen molar-refractivity contribution in [1.82, 2.24) is 4.90 Å². The van der Waals surface area contributed by atoms with Gasteiger partial charge in [-0.1, -0.05) is 35.3 Å². The second-order valence-electron chi connectivity index (χ2n) is 5.79. The van der Waals surface area contributed by atoms with Crippen molar-refractivity contribution >= 4 is 44.8 Å². The summed E-state index contributed by atoms with van der Waals surface area (Å²) in [6.07, 6.45) is 1.38. The molecule has 1 amide bonds. The lowest BCUT2D eigenvalue weighted by molar-refractivity contribution is -0.133. The van der Waals surface area contributed by atoms with Gasteiger partial charge in [-0.2, -0.15) is 0 Å². The largest absolute Gasteiger partial charge is 0.342 e. The van der Waals surface area contributed by atoms with Crippen LogP contribution in [0.3, 0.4) is 0 Å². The molecule has 132 valence electrons. The van der Waals surface area contributed by atoms with Crippen LogP contribution in [0.25, 0.3) is 0 Å². The first-order valence-electron chi connectivity index (χ1n) is 7.70. The van der Waals surface area contributed by atoms with E-state index in [1.165, 1.54) is 18.2 Å². The zero-order valence-corrected chi connectivity index (χ0v) is 15.5. The Morgan fingerprint density at radius 3 is 2.28 bits per heavy atom. The highest BCUT2D eigenvalue weighted by Crippen LogP contribution is 2.26. The molecule has 1 saturated heterocycles. The fourth-order valence-electron chi connectivity index (χ4n) is 2.40. The molecule has 0 unspecified atom stereocenters. The van der Waals surface area contributed by atoms with Crippen molar-refractivity contribution in [3.63, 3.8) is 0 Å². The number of hydrogen-bond acceptors (Lipinski definition) is 3. The zero-order valence-electron chi connectivity index (χ0n) is 13.2. The van der Waals surface area contributed by atoms with Gasteiger partial charge in [0.25, 0.3) is 10.0 Å². The summed E-state index contributed by atoms with van der Waals surface area (Å²) in [6.45, 7) is 1.64. The lowest BCUT2D eigenvalue weighted by Crippen LogP contribution is -2.42. The lowest BCUT2D eigenvalue weighted by Gasteiger charge is -2.30. The molecule has 1 heterocycles. The Hall–Kier alpha value is -1.76. The van der Waals surface area contributed by atoms with Crippen molar-refractivity contribution in [2.45, 2.75) is 17.7 Å². The summed E-state index contributed by atoms with van der Waals surface area (Å²) in [4.78, 5) is 13.8. The summed E-state index contributed by atoms with van der Waals surface area (Å²) < 4.78 is 27.3. The maximum atomic E-state index is 12.4. The van der Waals surface area contributed by atoms with E-state index >= 15 is 0 Å². The number of halogens is 2. The first-order valence-corrected chi connectivity index (χ1v) is 9.94. The number of sulfonamides is 1. The van der Waals surface area contributed by atoms with Gasteiger partial charge in [-0.15, -0.1) is 0 Å². The molecule has 0 atom stereocenters. The number of amides is 1. The predicted molar refractivity (Wildman–Crippen MR) is 98.6 cm³/mol. The molecule has 5 nitrogen and oxygen atoms in total. The van der Waals surface area contributed by atoms with Gasteiger partial charge in [0.15, 0.2) is 0 Å². The van der Waals surface area contributed by atoms with Crippen LogP contribution in [0.1, 0.15) is 12.0 Å². The number of carbonyl (C=O) groups excluding carboxylic acids is 1. The average molecular weight is 399 g/mol. The van der Waals surface area contributed by atoms with Crippen LogP contribution in [-0.2, 0) is 21.2 Å². The van der Waals surface area contributed by atoms with Crippen LogP contribution in [0.5, 0.6) is 0 Å². The number of nitrogens with one attached hydrogen (secondary N) is 1. The molecular weight excluding hydrogens is 383 g/mol. The van der Waals surface area contributed by atoms with Gasteiger partial charge in [-0.25, -0.2) is 8.42 Å². The highest BCUT2D eigenvalue weighted by Gasteiger charge is 2.20. The monoisotopic (exact) mass is 398 g/mol. The maximum Gasteiger partial charge on any atom is 0.261 e. The van der Waals surface area contributed by atoms with Crippen LogP contribution in [0.4, 0.5) is 5.69 Å². The molecule has 1 N–H and O–H groups in total. The first kappa shape index (κ1) is 18.0. The third-order valence-electron chi connectivity index (χ3n) is 3.97. The molecule has 25 heavy (non-hydrogen) atoms. The summed E-state index contributed by atoms with van der Waals surface area (Å²) >= 11 is 11.7. The van der Waals surface area contributed by atoms with Gasteiger partial charge in [-0.3, -0.25) is 9.52 Å². The van der Waals surface area contributed by atoms with E-state index in [0.717, 1.165) is 25.1 Å². The van der Waals surface area contributed by atoms with Crippen molar-refractivity contribution in [1.29, 1.82) is 0 Å². The molecule has 0 radical (unpaired) electrons. The molecule has 1 aliphatic heterocycles. The van der Waals surface area contributed by atoms with Crippen molar-refractivity contribution in [2.75, 3.05) is 17.8 Å². The lowest BCUT2D eigenvalue weighted by atomic mass is 10.1. The number of likely N-dealkylation sites (tertiary alicyclic amines) is 1. The standard InChI is InChI=1S/C17H16Cl2N2O3S/c18-15-7-6-14(11-16(15)19)25(23,24)20-13-4-2-12(3-5-13)10-17(22)21-8-1-9-21/h2-7,11,20H,1,8-10H2. The summed E-state index contributed by atoms with van der Waals surface area (Å²) in [5.74, 6) is 0.0930. The smallest absolute Gasteiger partial charge is 0.261 e. The molecule has 2 aromatic rings. The van der Waals surface area contributed by atoms with Gasteiger partial charge in [0, 0.05) is 18.8 Å². The van der Waals surface area contributed by atoms with Crippen LogP contribution in [0.15, 0.2) is 47.4 Å². The Bertz CT molecular complexity index is 895. The Balaban J connectivity index is 1.69. The van der Waals surface area contributed by atoms with Gasteiger partial charge in [0.1, 0.15) is 0 Å². The minimum atomic E-state index is -3.77. The Morgan fingerprint density at radius 2 is 1.72 bits per heavy atom. The predicted octanol–water partition coefficient (Wildman–Crippen LogP) is 3.57. The molecule has 0 saturated carbocycles. The third-order valence-corrected chi connectivity index (χ3v) is 6.09. The zero-order chi connectivity index (χ0) is 18.0. The fraction of sp³-hybridized carbons (Fsp3) is 0.235. The van der Waals surface area contributed by atoms with Gasteiger partial charge in [0.2, 0.25) is 5.91 Å². The molecule has 0 aliphatic carbocycles. The molecule has 2 aromatic carbocycles. The van der Waals surface area contributed by atoms with E-state index in [0.29, 0.717) is 12.1 Å². The fourth-order valence-corrected chi connectivity index (χ4v) is 3.85. The van der Waals surface area contributed by atoms with Crippen molar-refractivity contribution in [3.8, 4) is 0 Å². The van der Waals surface area contributed by atoms with E-state index < -0.39 is 10.0 Å². The molecule has 1 aliphatic rings. The van der Waals surface area contributed by atoms with Crippen LogP contribution >= 0.6 is 23.2 Å². The number of carbonyl (C=O) groups is 1. The molecule has 1 fully saturated rings. The Morgan fingerprint density at radius 1 is 1.04 bits per heavy atom. The quantitative estimate of drug-likeness (QED) is 0.836. The minimum absolute atomic E-state index is 0.0268. The average Bonchev–Trinajstić information content (AvgIpc) is 2.50. The number of benzene rings is 2. The summed E-state index contributed by atoms with van der Waals surface area (Å²) in [7, 11) is -3.77. The summed E-state index contributed by atoms with van der Waals surface area (Å²) in [5.41, 5.74) is 1.25. The van der Waals surface area contributed by atoms with E-state index in [2.05, 4.69) is 4.72 Å². The third kappa shape index (κ3) is 4.26. The number of anilines is 1. The van der Waals surface area contributed by atoms with Crippen LogP contribution in [0.2, 0.25) is 10.0 Å². The van der Waals surface area contributed by atoms with Crippen molar-refractivity contribution in [3.05, 3.63) is 58.1 Å². The van der Waals surface area contributed by atoms with Crippen LogP contribution in [-0.4, -0.2) is 32.3 Å². The van der Waals surface area contributed by atoms with Gasteiger partial charge < -0.3 is 4.90 Å². The highest BCUT2D eigenvalue weighted by atomic mass is 35.5. The Kier molecular flexibility index (Phi) is 5.22. The van der Waals surface area contributed by atoms with E-state index in [4.69, 9.17) is 23.2 Å². The normalized spacial score (nSPS) is 14.1. The molecule has 0 aromatic heterocycles. The number of nitrogens with zero attached hydrogens (tertiary/aromatic N) is 1. The van der Waals surface area contributed by atoms with Crippen molar-refractivity contribution in [2.24, 2.45) is 0 Å². The van der Waals surface area contributed by atoms with E-state index in [1.54, 1.807) is 29.2 Å². The molecule has 8 heteroatoms. The number of rotatable bonds is 5. The molecular formula is C17H16Cl2N2O3S. The van der Waals surface area contributed by atoms with Gasteiger partial charge in [0.05, 0.1) is 21.4 Å². The summed E-state index contributed by atoms with van der Waals surface area (Å²) in [6, 6.07) is 10.9. The van der Waals surface area contributed by atoms with Gasteiger partial charge in [-0.05, 0) is 42.3 Å². The Labute approximate surface area is 156 Å². The van der Waals surface area contributed by atoms with E-state index in [-0.39, 0.29) is 20.8 Å². The molecule has 0 spiro atoms. The molecule has 0 bridgehead atoms. The topological polar surface area (TPSA) is 66.5 Å².